The predicted octanol–water partition coefficient (Wildman–Crippen LogP) is 4.23. The average Bonchev–Trinajstić information content (AvgIpc) is 2.43. The third kappa shape index (κ3) is 5.44. The summed E-state index contributed by atoms with van der Waals surface area (Å²) in [4.78, 5) is 0. The van der Waals surface area contributed by atoms with Gasteiger partial charge in [0.2, 0.25) is 0 Å². The third-order valence-corrected chi connectivity index (χ3v) is 3.69. The standard InChI is InChI=1S/C17H26N2/c1-5-15-7-9-16(10-8-15)14(2)19-13-17(3,4)11-6-12-18/h7-10,14,19H,5-6,11,13H2,1-4H3. The maximum Gasteiger partial charge on any atom is 0.0621 e. The van der Waals surface area contributed by atoms with Crippen molar-refractivity contribution in [1.82, 2.24) is 5.32 Å². The molecule has 1 aromatic carbocycles. The molecule has 0 spiro atoms. The first kappa shape index (κ1) is 15.7. The molecule has 2 heteroatoms. The lowest BCUT2D eigenvalue weighted by atomic mass is 9.87. The van der Waals surface area contributed by atoms with Crippen LogP contribution in [-0.4, -0.2) is 6.54 Å². The second-order valence-corrected chi connectivity index (χ2v) is 6.02. The van der Waals surface area contributed by atoms with Crippen molar-refractivity contribution < 1.29 is 0 Å². The second kappa shape index (κ2) is 7.31. The van der Waals surface area contributed by atoms with Crippen LogP contribution in [0.3, 0.4) is 0 Å². The van der Waals surface area contributed by atoms with E-state index in [0.29, 0.717) is 12.5 Å². The largest absolute Gasteiger partial charge is 0.310 e. The van der Waals surface area contributed by atoms with Crippen LogP contribution >= 0.6 is 0 Å². The van der Waals surface area contributed by atoms with Crippen LogP contribution in [0.5, 0.6) is 0 Å². The van der Waals surface area contributed by atoms with E-state index in [4.69, 9.17) is 5.26 Å². The molecule has 0 aliphatic carbocycles. The number of nitriles is 1. The van der Waals surface area contributed by atoms with Gasteiger partial charge in [-0.3, -0.25) is 0 Å². The first-order chi connectivity index (χ1) is 8.98. The number of hydrogen-bond acceptors (Lipinski definition) is 2. The minimum absolute atomic E-state index is 0.174. The highest BCUT2D eigenvalue weighted by Crippen LogP contribution is 2.22. The molecule has 104 valence electrons. The number of benzene rings is 1. The Morgan fingerprint density at radius 2 is 1.89 bits per heavy atom. The van der Waals surface area contributed by atoms with E-state index >= 15 is 0 Å². The molecule has 2 nitrogen and oxygen atoms in total. The minimum Gasteiger partial charge on any atom is -0.310 e. The average molecular weight is 258 g/mol. The highest BCUT2D eigenvalue weighted by Gasteiger charge is 2.18. The van der Waals surface area contributed by atoms with Crippen LogP contribution in [0.2, 0.25) is 0 Å². The van der Waals surface area contributed by atoms with Gasteiger partial charge in [-0.25, -0.2) is 0 Å². The van der Waals surface area contributed by atoms with E-state index in [1.54, 1.807) is 0 Å². The number of rotatable bonds is 7. The summed E-state index contributed by atoms with van der Waals surface area (Å²) in [5.74, 6) is 0. The van der Waals surface area contributed by atoms with Gasteiger partial charge in [-0.1, -0.05) is 45.0 Å². The van der Waals surface area contributed by atoms with Gasteiger partial charge in [0.05, 0.1) is 6.07 Å². The Kier molecular flexibility index (Phi) is 6.05. The normalized spacial score (nSPS) is 13.0. The Balaban J connectivity index is 2.50. The summed E-state index contributed by atoms with van der Waals surface area (Å²) >= 11 is 0. The fraction of sp³-hybridized carbons (Fsp3) is 0.588. The zero-order valence-corrected chi connectivity index (χ0v) is 12.7. The molecule has 1 unspecified atom stereocenters. The molecule has 0 aromatic heterocycles. The lowest BCUT2D eigenvalue weighted by molar-refractivity contribution is 0.305. The minimum atomic E-state index is 0.174. The van der Waals surface area contributed by atoms with Crippen molar-refractivity contribution in [1.29, 1.82) is 5.26 Å². The summed E-state index contributed by atoms with van der Waals surface area (Å²) in [7, 11) is 0. The van der Waals surface area contributed by atoms with E-state index < -0.39 is 0 Å². The van der Waals surface area contributed by atoms with Crippen molar-refractivity contribution in [3.05, 3.63) is 35.4 Å². The van der Waals surface area contributed by atoms with E-state index in [1.807, 2.05) is 0 Å². The first-order valence-electron chi connectivity index (χ1n) is 7.17. The maximum absolute atomic E-state index is 8.66. The summed E-state index contributed by atoms with van der Waals surface area (Å²) in [6.07, 6.45) is 2.66. The van der Waals surface area contributed by atoms with Crippen LogP contribution in [-0.2, 0) is 6.42 Å². The van der Waals surface area contributed by atoms with Crippen molar-refractivity contribution >= 4 is 0 Å². The van der Waals surface area contributed by atoms with Crippen LogP contribution in [0.15, 0.2) is 24.3 Å². The molecule has 0 saturated carbocycles. The van der Waals surface area contributed by atoms with Crippen molar-refractivity contribution in [3.8, 4) is 6.07 Å². The fourth-order valence-electron chi connectivity index (χ4n) is 2.07. The van der Waals surface area contributed by atoms with Crippen LogP contribution in [0.1, 0.15) is 57.7 Å². The quantitative estimate of drug-likeness (QED) is 0.794. The molecule has 19 heavy (non-hydrogen) atoms. The van der Waals surface area contributed by atoms with Gasteiger partial charge in [0.15, 0.2) is 0 Å². The van der Waals surface area contributed by atoms with Crippen LogP contribution in [0, 0.1) is 16.7 Å². The number of hydrogen-bond donors (Lipinski definition) is 1. The van der Waals surface area contributed by atoms with Crippen molar-refractivity contribution in [2.24, 2.45) is 5.41 Å². The number of aryl methyl sites for hydroxylation is 1. The van der Waals surface area contributed by atoms with Gasteiger partial charge in [0.1, 0.15) is 0 Å². The number of nitrogens with one attached hydrogen (secondary N) is 1. The van der Waals surface area contributed by atoms with E-state index in [0.717, 1.165) is 19.4 Å². The zero-order chi connectivity index (χ0) is 14.3. The summed E-state index contributed by atoms with van der Waals surface area (Å²) in [6.45, 7) is 9.73. The highest BCUT2D eigenvalue weighted by molar-refractivity contribution is 5.24. The van der Waals surface area contributed by atoms with Crippen molar-refractivity contribution in [2.45, 2.75) is 53.0 Å². The van der Waals surface area contributed by atoms with Crippen LogP contribution < -0.4 is 5.32 Å². The summed E-state index contributed by atoms with van der Waals surface area (Å²) in [5.41, 5.74) is 2.88. The Morgan fingerprint density at radius 1 is 1.26 bits per heavy atom. The molecule has 0 amide bonds. The zero-order valence-electron chi connectivity index (χ0n) is 12.7. The highest BCUT2D eigenvalue weighted by atomic mass is 14.9. The van der Waals surface area contributed by atoms with Gasteiger partial charge in [-0.15, -0.1) is 0 Å². The summed E-state index contributed by atoms with van der Waals surface area (Å²) in [6, 6.07) is 11.4. The predicted molar refractivity (Wildman–Crippen MR) is 80.9 cm³/mol. The molecular weight excluding hydrogens is 232 g/mol. The van der Waals surface area contributed by atoms with Gasteiger partial charge in [0, 0.05) is 19.0 Å². The molecule has 0 radical (unpaired) electrons. The lowest BCUT2D eigenvalue weighted by Crippen LogP contribution is -2.31. The van der Waals surface area contributed by atoms with E-state index in [-0.39, 0.29) is 5.41 Å². The van der Waals surface area contributed by atoms with Crippen molar-refractivity contribution in [3.63, 3.8) is 0 Å². The molecule has 1 aromatic rings. The summed E-state index contributed by atoms with van der Waals surface area (Å²) in [5, 5.41) is 12.2. The molecule has 0 aliphatic rings. The van der Waals surface area contributed by atoms with Crippen LogP contribution in [0.4, 0.5) is 0 Å². The topological polar surface area (TPSA) is 35.8 Å². The molecule has 0 heterocycles. The monoisotopic (exact) mass is 258 g/mol. The second-order valence-electron chi connectivity index (χ2n) is 6.02. The van der Waals surface area contributed by atoms with Gasteiger partial charge < -0.3 is 5.32 Å². The molecule has 0 bridgehead atoms. The van der Waals surface area contributed by atoms with Crippen LogP contribution in [0.25, 0.3) is 0 Å². The molecule has 1 rings (SSSR count). The first-order valence-corrected chi connectivity index (χ1v) is 7.17. The fourth-order valence-corrected chi connectivity index (χ4v) is 2.07. The molecule has 0 fully saturated rings. The molecular formula is C17H26N2. The number of nitrogens with zero attached hydrogens (tertiary/aromatic N) is 1. The van der Waals surface area contributed by atoms with Gasteiger partial charge >= 0.3 is 0 Å². The Labute approximate surface area is 117 Å². The molecule has 1 atom stereocenters. The van der Waals surface area contributed by atoms with Crippen molar-refractivity contribution in [2.75, 3.05) is 6.54 Å². The molecule has 0 saturated heterocycles. The third-order valence-electron chi connectivity index (χ3n) is 3.69. The van der Waals surface area contributed by atoms with Gasteiger partial charge in [-0.05, 0) is 36.3 Å². The molecule has 1 N–H and O–H groups in total. The van der Waals surface area contributed by atoms with E-state index in [2.05, 4.69) is 63.3 Å². The smallest absolute Gasteiger partial charge is 0.0621 e. The lowest BCUT2D eigenvalue weighted by Gasteiger charge is -2.26. The van der Waals surface area contributed by atoms with Gasteiger partial charge in [0.25, 0.3) is 0 Å². The van der Waals surface area contributed by atoms with E-state index in [9.17, 15) is 0 Å². The molecule has 0 aliphatic heterocycles. The SMILES string of the molecule is CCc1ccc(C(C)NCC(C)(C)CCC#N)cc1. The Hall–Kier alpha value is -1.33. The van der Waals surface area contributed by atoms with E-state index in [1.165, 1.54) is 11.1 Å². The Bertz CT molecular complexity index is 412. The Morgan fingerprint density at radius 3 is 2.42 bits per heavy atom. The summed E-state index contributed by atoms with van der Waals surface area (Å²) < 4.78 is 0. The van der Waals surface area contributed by atoms with Gasteiger partial charge in [-0.2, -0.15) is 5.26 Å². The maximum atomic E-state index is 8.66.